The number of nitrogens with two attached hydrogens (primary N) is 1. The Bertz CT molecular complexity index is 747. The largest absolute Gasteiger partial charge is 0.389 e. The summed E-state index contributed by atoms with van der Waals surface area (Å²) in [5.41, 5.74) is 7.02. The Morgan fingerprint density at radius 3 is 2.62 bits per heavy atom. The number of imidazole rings is 1. The van der Waals surface area contributed by atoms with Crippen molar-refractivity contribution in [3.05, 3.63) is 11.6 Å². The van der Waals surface area contributed by atoms with Gasteiger partial charge in [-0.2, -0.15) is 9.97 Å². The van der Waals surface area contributed by atoms with E-state index in [0.717, 1.165) is 12.8 Å². The van der Waals surface area contributed by atoms with E-state index in [1.165, 1.54) is 12.8 Å². The first-order chi connectivity index (χ1) is 11.5. The maximum absolute atomic E-state index is 10.3. The highest BCUT2D eigenvalue weighted by Gasteiger charge is 2.41. The topological polar surface area (TPSA) is 122 Å². The van der Waals surface area contributed by atoms with Crippen LogP contribution in [0.15, 0.2) is 6.33 Å². The first-order valence-electron chi connectivity index (χ1n) is 8.33. The molecule has 4 rings (SSSR count). The Morgan fingerprint density at radius 2 is 1.96 bits per heavy atom. The minimum absolute atomic E-state index is 0.127. The number of nitrogens with zero attached hydrogens (tertiary/aromatic N) is 4. The van der Waals surface area contributed by atoms with Crippen LogP contribution in [0.5, 0.6) is 0 Å². The molecule has 0 aliphatic heterocycles. The van der Waals surface area contributed by atoms with Crippen LogP contribution in [0.4, 0.5) is 5.82 Å². The van der Waals surface area contributed by atoms with Crippen molar-refractivity contribution in [3.63, 3.8) is 0 Å². The Labute approximate surface area is 144 Å². The van der Waals surface area contributed by atoms with Crippen LogP contribution in [-0.4, -0.2) is 54.0 Å². The summed E-state index contributed by atoms with van der Waals surface area (Å²) in [6, 6.07) is -0.488. The van der Waals surface area contributed by atoms with Gasteiger partial charge in [0.25, 0.3) is 0 Å². The minimum atomic E-state index is -0.961. The van der Waals surface area contributed by atoms with E-state index in [2.05, 4.69) is 20.3 Å². The smallest absolute Gasteiger partial charge is 0.226 e. The molecule has 0 amide bonds. The Hall–Kier alpha value is -1.48. The Balaban J connectivity index is 1.72. The summed E-state index contributed by atoms with van der Waals surface area (Å²) in [5.74, 6) is 0.619. The van der Waals surface area contributed by atoms with E-state index >= 15 is 0 Å². The molecule has 5 N–H and O–H groups in total. The molecule has 0 aromatic carbocycles. The van der Waals surface area contributed by atoms with E-state index in [4.69, 9.17) is 17.3 Å². The van der Waals surface area contributed by atoms with Gasteiger partial charge in [0.15, 0.2) is 17.0 Å². The predicted molar refractivity (Wildman–Crippen MR) is 89.9 cm³/mol. The monoisotopic (exact) mass is 352 g/mol. The summed E-state index contributed by atoms with van der Waals surface area (Å²) >= 11 is 6.10. The van der Waals surface area contributed by atoms with Gasteiger partial charge in [-0.25, -0.2) is 4.98 Å². The molecule has 0 radical (unpaired) electrons. The third kappa shape index (κ3) is 2.63. The van der Waals surface area contributed by atoms with Crippen molar-refractivity contribution >= 4 is 28.6 Å². The summed E-state index contributed by atoms with van der Waals surface area (Å²) in [7, 11) is 0. The van der Waals surface area contributed by atoms with Gasteiger partial charge in [0.1, 0.15) is 6.10 Å². The number of nitrogens with one attached hydrogen (secondary N) is 1. The number of aliphatic hydroxyl groups excluding tert-OH is 2. The van der Waals surface area contributed by atoms with Crippen molar-refractivity contribution in [2.24, 2.45) is 5.73 Å². The van der Waals surface area contributed by atoms with Crippen LogP contribution in [0.2, 0.25) is 5.28 Å². The van der Waals surface area contributed by atoms with E-state index < -0.39 is 18.2 Å². The number of anilines is 1. The quantitative estimate of drug-likeness (QED) is 0.603. The second kappa shape index (κ2) is 6.11. The van der Waals surface area contributed by atoms with Gasteiger partial charge in [0, 0.05) is 12.1 Å². The average Bonchev–Trinajstić information content (AvgIpc) is 3.25. The van der Waals surface area contributed by atoms with Crippen molar-refractivity contribution in [2.75, 3.05) is 5.32 Å². The molecule has 2 heterocycles. The molecule has 0 spiro atoms. The molecule has 2 saturated carbocycles. The molecule has 4 atom stereocenters. The van der Waals surface area contributed by atoms with Gasteiger partial charge < -0.3 is 25.8 Å². The number of hydrogen-bond acceptors (Lipinski definition) is 7. The lowest BCUT2D eigenvalue weighted by Crippen LogP contribution is -2.35. The molecule has 2 aliphatic rings. The van der Waals surface area contributed by atoms with Gasteiger partial charge >= 0.3 is 0 Å². The highest BCUT2D eigenvalue weighted by Crippen LogP contribution is 2.34. The highest BCUT2D eigenvalue weighted by molar-refractivity contribution is 6.28. The Kier molecular flexibility index (Phi) is 4.07. The summed E-state index contributed by atoms with van der Waals surface area (Å²) in [4.78, 5) is 13.0. The van der Waals surface area contributed by atoms with Crippen molar-refractivity contribution in [1.29, 1.82) is 0 Å². The fourth-order valence-electron chi connectivity index (χ4n) is 3.81. The van der Waals surface area contributed by atoms with E-state index in [0.29, 0.717) is 29.4 Å². The molecule has 24 heavy (non-hydrogen) atoms. The summed E-state index contributed by atoms with van der Waals surface area (Å²) in [5, 5.41) is 23.7. The van der Waals surface area contributed by atoms with Crippen LogP contribution >= 0.6 is 11.6 Å². The fraction of sp³-hybridized carbons (Fsp3) is 0.667. The molecule has 2 fully saturated rings. The van der Waals surface area contributed by atoms with Gasteiger partial charge in [-0.05, 0) is 30.9 Å². The second-order valence-electron chi connectivity index (χ2n) is 6.74. The van der Waals surface area contributed by atoms with Gasteiger partial charge in [0.05, 0.1) is 18.5 Å². The average molecular weight is 353 g/mol. The zero-order valence-corrected chi connectivity index (χ0v) is 13.9. The molecule has 2 aromatic rings. The van der Waals surface area contributed by atoms with Crippen LogP contribution in [0, 0.1) is 0 Å². The Morgan fingerprint density at radius 1 is 1.21 bits per heavy atom. The highest BCUT2D eigenvalue weighted by atomic mass is 35.5. The fourth-order valence-corrected chi connectivity index (χ4v) is 3.98. The van der Waals surface area contributed by atoms with Crippen molar-refractivity contribution in [1.82, 2.24) is 19.5 Å². The van der Waals surface area contributed by atoms with Gasteiger partial charge in [-0.15, -0.1) is 0 Å². The molecule has 130 valence electrons. The number of hydrogen-bond donors (Lipinski definition) is 4. The van der Waals surface area contributed by atoms with E-state index in [9.17, 15) is 10.2 Å². The molecule has 9 heteroatoms. The number of rotatable bonds is 3. The predicted octanol–water partition coefficient (Wildman–Crippen LogP) is 0.828. The summed E-state index contributed by atoms with van der Waals surface area (Å²) < 4.78 is 1.74. The molecule has 0 saturated heterocycles. The normalized spacial score (nSPS) is 31.2. The van der Waals surface area contributed by atoms with E-state index in [1.54, 1.807) is 10.9 Å². The van der Waals surface area contributed by atoms with Crippen molar-refractivity contribution < 1.29 is 10.2 Å². The molecule has 0 bridgehead atoms. The third-order valence-corrected chi connectivity index (χ3v) is 5.31. The summed E-state index contributed by atoms with van der Waals surface area (Å²) in [6.45, 7) is 0. The lowest BCUT2D eigenvalue weighted by atomic mass is 10.2. The number of aromatic nitrogens is 4. The van der Waals surface area contributed by atoms with Crippen LogP contribution in [0.25, 0.3) is 11.2 Å². The lowest BCUT2D eigenvalue weighted by molar-refractivity contribution is 0.0187. The maximum Gasteiger partial charge on any atom is 0.226 e. The second-order valence-corrected chi connectivity index (χ2v) is 7.08. The van der Waals surface area contributed by atoms with Crippen molar-refractivity contribution in [2.45, 2.75) is 62.4 Å². The number of aliphatic hydroxyl groups is 2. The van der Waals surface area contributed by atoms with Gasteiger partial charge in [-0.1, -0.05) is 12.8 Å². The maximum atomic E-state index is 10.3. The third-order valence-electron chi connectivity index (χ3n) is 5.14. The van der Waals surface area contributed by atoms with Crippen molar-refractivity contribution in [3.8, 4) is 0 Å². The molecule has 2 aliphatic carbocycles. The van der Waals surface area contributed by atoms with Gasteiger partial charge in [0.2, 0.25) is 5.28 Å². The number of fused-ring (bicyclic) bond motifs is 1. The molecular weight excluding hydrogens is 332 g/mol. The minimum Gasteiger partial charge on any atom is -0.389 e. The van der Waals surface area contributed by atoms with Crippen LogP contribution in [0.1, 0.15) is 38.1 Å². The molecular formula is C15H21ClN6O2. The van der Waals surface area contributed by atoms with Crippen LogP contribution in [0.3, 0.4) is 0 Å². The van der Waals surface area contributed by atoms with E-state index in [-0.39, 0.29) is 11.3 Å². The molecule has 0 unspecified atom stereocenters. The van der Waals surface area contributed by atoms with E-state index in [1.807, 2.05) is 0 Å². The zero-order chi connectivity index (χ0) is 16.8. The zero-order valence-electron chi connectivity index (χ0n) is 13.1. The number of halogens is 1. The van der Waals surface area contributed by atoms with Gasteiger partial charge in [-0.3, -0.25) is 0 Å². The van der Waals surface area contributed by atoms with Crippen LogP contribution in [-0.2, 0) is 0 Å². The first-order valence-corrected chi connectivity index (χ1v) is 8.70. The molecule has 8 nitrogen and oxygen atoms in total. The standard InChI is InChI=1S/C15H21ClN6O2/c16-15-20-13(19-7-3-1-2-4-7)10-14(21-15)22(6-18-10)9-5-8(17)11(23)12(9)24/h6-9,11-12,23-24H,1-5,17H2,(H,19,20,21)/t8-,9+,11+,12-/m0/s1. The summed E-state index contributed by atoms with van der Waals surface area (Å²) in [6.07, 6.45) is 4.75. The first kappa shape index (κ1) is 16.0. The lowest BCUT2D eigenvalue weighted by Gasteiger charge is -2.18. The van der Waals surface area contributed by atoms with Crippen LogP contribution < -0.4 is 11.1 Å². The SMILES string of the molecule is N[C@H]1C[C@@H](n2cnc3c(NC4CCCC4)nc(Cl)nc32)[C@H](O)[C@@H]1O. The molecule has 2 aromatic heterocycles.